The Labute approximate surface area is 115 Å². The Morgan fingerprint density at radius 3 is 1.95 bits per heavy atom. The predicted molar refractivity (Wildman–Crippen MR) is 80.7 cm³/mol. The maximum Gasteiger partial charge on any atom is 0.0107 e. The van der Waals surface area contributed by atoms with Gasteiger partial charge in [-0.3, -0.25) is 0 Å². The van der Waals surface area contributed by atoms with Crippen LogP contribution in [0.25, 0.3) is 0 Å². The molecule has 0 aliphatic heterocycles. The number of benzene rings is 2. The summed E-state index contributed by atoms with van der Waals surface area (Å²) in [5.74, 6) is 0.559. The molecule has 2 aromatic rings. The fourth-order valence-corrected chi connectivity index (χ4v) is 3.14. The van der Waals surface area contributed by atoms with Crippen molar-refractivity contribution >= 4 is 0 Å². The third-order valence-corrected chi connectivity index (χ3v) is 4.11. The largest absolute Gasteiger partial charge is 0.309 e. The highest BCUT2D eigenvalue weighted by Gasteiger charge is 2.24. The zero-order valence-electron chi connectivity index (χ0n) is 11.8. The second-order valence-electron chi connectivity index (χ2n) is 5.72. The lowest BCUT2D eigenvalue weighted by Gasteiger charge is -2.29. The van der Waals surface area contributed by atoms with Gasteiger partial charge in [-0.25, -0.2) is 0 Å². The van der Waals surface area contributed by atoms with E-state index in [1.165, 1.54) is 28.7 Å². The molecule has 19 heavy (non-hydrogen) atoms. The van der Waals surface area contributed by atoms with E-state index >= 15 is 0 Å². The molecule has 0 heterocycles. The standard InChI is InChI=1S/C18H21N/c1-19(2)12-11-18-16-9-5-3-7-14(16)13-15-8-4-6-10-17(15)18/h3-10,18H,11-13H2,1-2H3. The van der Waals surface area contributed by atoms with E-state index in [0.717, 1.165) is 13.0 Å². The van der Waals surface area contributed by atoms with Crippen LogP contribution in [-0.2, 0) is 6.42 Å². The highest BCUT2D eigenvalue weighted by Crippen LogP contribution is 2.38. The Kier molecular flexibility index (Phi) is 3.39. The van der Waals surface area contributed by atoms with Gasteiger partial charge in [-0.15, -0.1) is 0 Å². The lowest BCUT2D eigenvalue weighted by molar-refractivity contribution is 0.389. The molecule has 0 aromatic heterocycles. The predicted octanol–water partition coefficient (Wildman–Crippen LogP) is 3.67. The molecule has 0 bridgehead atoms. The van der Waals surface area contributed by atoms with Crippen LogP contribution in [0.1, 0.15) is 34.6 Å². The summed E-state index contributed by atoms with van der Waals surface area (Å²) in [7, 11) is 4.31. The summed E-state index contributed by atoms with van der Waals surface area (Å²) in [6, 6.07) is 17.9. The molecular formula is C18H21N. The van der Waals surface area contributed by atoms with Crippen LogP contribution in [0.5, 0.6) is 0 Å². The van der Waals surface area contributed by atoms with E-state index in [0.29, 0.717) is 5.92 Å². The molecule has 98 valence electrons. The molecule has 0 saturated heterocycles. The molecule has 0 amide bonds. The molecule has 1 aliphatic carbocycles. The monoisotopic (exact) mass is 251 g/mol. The van der Waals surface area contributed by atoms with Crippen LogP contribution in [0.3, 0.4) is 0 Å². The first-order valence-electron chi connectivity index (χ1n) is 7.06. The molecule has 1 nitrogen and oxygen atoms in total. The average molecular weight is 251 g/mol. The van der Waals surface area contributed by atoms with E-state index in [4.69, 9.17) is 0 Å². The molecule has 0 spiro atoms. The zero-order valence-corrected chi connectivity index (χ0v) is 11.8. The maximum atomic E-state index is 2.31. The van der Waals surface area contributed by atoms with Crippen molar-refractivity contribution in [3.63, 3.8) is 0 Å². The van der Waals surface area contributed by atoms with Gasteiger partial charge in [0.05, 0.1) is 0 Å². The van der Waals surface area contributed by atoms with Crippen LogP contribution in [0, 0.1) is 0 Å². The molecule has 1 aliphatic rings. The first kappa shape index (κ1) is 12.4. The molecule has 3 rings (SSSR count). The maximum absolute atomic E-state index is 2.31. The fourth-order valence-electron chi connectivity index (χ4n) is 3.14. The fraction of sp³-hybridized carbons (Fsp3) is 0.333. The molecular weight excluding hydrogens is 230 g/mol. The van der Waals surface area contributed by atoms with Crippen LogP contribution < -0.4 is 0 Å². The average Bonchev–Trinajstić information content (AvgIpc) is 2.43. The van der Waals surface area contributed by atoms with Crippen molar-refractivity contribution in [2.75, 3.05) is 20.6 Å². The van der Waals surface area contributed by atoms with Crippen LogP contribution in [0.2, 0.25) is 0 Å². The Morgan fingerprint density at radius 1 is 0.895 bits per heavy atom. The highest BCUT2D eigenvalue weighted by atomic mass is 15.0. The number of rotatable bonds is 3. The van der Waals surface area contributed by atoms with Gasteiger partial charge in [0.2, 0.25) is 0 Å². The van der Waals surface area contributed by atoms with Crippen molar-refractivity contribution in [2.24, 2.45) is 0 Å². The van der Waals surface area contributed by atoms with Crippen LogP contribution in [0.15, 0.2) is 48.5 Å². The molecule has 2 aromatic carbocycles. The minimum atomic E-state index is 0.559. The third-order valence-electron chi connectivity index (χ3n) is 4.11. The van der Waals surface area contributed by atoms with Gasteiger partial charge < -0.3 is 4.90 Å². The SMILES string of the molecule is CN(C)CCC1c2ccccc2Cc2ccccc21. The summed E-state index contributed by atoms with van der Waals surface area (Å²) >= 11 is 0. The topological polar surface area (TPSA) is 3.24 Å². The molecule has 1 heteroatoms. The highest BCUT2D eigenvalue weighted by molar-refractivity contribution is 5.48. The quantitative estimate of drug-likeness (QED) is 0.804. The number of nitrogens with zero attached hydrogens (tertiary/aromatic N) is 1. The zero-order chi connectivity index (χ0) is 13.2. The van der Waals surface area contributed by atoms with Gasteiger partial charge in [-0.05, 0) is 55.7 Å². The second-order valence-corrected chi connectivity index (χ2v) is 5.72. The first-order valence-corrected chi connectivity index (χ1v) is 7.06. The van der Waals surface area contributed by atoms with Gasteiger partial charge in [0.25, 0.3) is 0 Å². The number of hydrogen-bond donors (Lipinski definition) is 0. The summed E-state index contributed by atoms with van der Waals surface area (Å²) in [6.45, 7) is 1.13. The summed E-state index contributed by atoms with van der Waals surface area (Å²) in [5, 5.41) is 0. The minimum Gasteiger partial charge on any atom is -0.309 e. The summed E-state index contributed by atoms with van der Waals surface area (Å²) in [5.41, 5.74) is 6.07. The van der Waals surface area contributed by atoms with Crippen molar-refractivity contribution in [3.05, 3.63) is 70.8 Å². The second kappa shape index (κ2) is 5.18. The lowest BCUT2D eigenvalue weighted by atomic mass is 9.76. The lowest BCUT2D eigenvalue weighted by Crippen LogP contribution is -2.20. The van der Waals surface area contributed by atoms with E-state index in [2.05, 4.69) is 67.5 Å². The molecule has 0 radical (unpaired) electrons. The van der Waals surface area contributed by atoms with Crippen molar-refractivity contribution in [1.29, 1.82) is 0 Å². The van der Waals surface area contributed by atoms with Crippen LogP contribution in [-0.4, -0.2) is 25.5 Å². The van der Waals surface area contributed by atoms with E-state index in [1.54, 1.807) is 0 Å². The van der Waals surface area contributed by atoms with E-state index in [9.17, 15) is 0 Å². The Morgan fingerprint density at radius 2 is 1.42 bits per heavy atom. The van der Waals surface area contributed by atoms with Crippen molar-refractivity contribution in [2.45, 2.75) is 18.8 Å². The van der Waals surface area contributed by atoms with E-state index in [1.807, 2.05) is 0 Å². The molecule has 0 atom stereocenters. The van der Waals surface area contributed by atoms with Crippen molar-refractivity contribution < 1.29 is 0 Å². The molecule has 0 N–H and O–H groups in total. The van der Waals surface area contributed by atoms with Crippen LogP contribution in [0.4, 0.5) is 0 Å². The van der Waals surface area contributed by atoms with Gasteiger partial charge in [0, 0.05) is 5.92 Å². The smallest absolute Gasteiger partial charge is 0.0107 e. The normalized spacial score (nSPS) is 14.3. The van der Waals surface area contributed by atoms with Crippen molar-refractivity contribution in [1.82, 2.24) is 4.90 Å². The Bertz CT molecular complexity index is 526. The first-order chi connectivity index (χ1) is 9.25. The Hall–Kier alpha value is -1.60. The Balaban J connectivity index is 2.01. The molecule has 0 saturated carbocycles. The van der Waals surface area contributed by atoms with Gasteiger partial charge >= 0.3 is 0 Å². The molecule has 0 unspecified atom stereocenters. The van der Waals surface area contributed by atoms with E-state index < -0.39 is 0 Å². The van der Waals surface area contributed by atoms with Crippen LogP contribution >= 0.6 is 0 Å². The minimum absolute atomic E-state index is 0.559. The van der Waals surface area contributed by atoms with Gasteiger partial charge in [0.15, 0.2) is 0 Å². The molecule has 0 fully saturated rings. The number of fused-ring (bicyclic) bond motifs is 2. The van der Waals surface area contributed by atoms with E-state index in [-0.39, 0.29) is 0 Å². The summed E-state index contributed by atoms with van der Waals surface area (Å²) < 4.78 is 0. The van der Waals surface area contributed by atoms with Gasteiger partial charge in [-0.2, -0.15) is 0 Å². The van der Waals surface area contributed by atoms with Crippen molar-refractivity contribution in [3.8, 4) is 0 Å². The number of hydrogen-bond acceptors (Lipinski definition) is 1. The summed E-state index contributed by atoms with van der Waals surface area (Å²) in [6.07, 6.45) is 2.28. The summed E-state index contributed by atoms with van der Waals surface area (Å²) in [4.78, 5) is 2.28. The van der Waals surface area contributed by atoms with Gasteiger partial charge in [0.1, 0.15) is 0 Å². The third kappa shape index (κ3) is 2.43. The van der Waals surface area contributed by atoms with Gasteiger partial charge in [-0.1, -0.05) is 48.5 Å².